The van der Waals surface area contributed by atoms with Crippen molar-refractivity contribution in [3.05, 3.63) is 54.0 Å². The molecule has 11 nitrogen and oxygen atoms in total. The summed E-state index contributed by atoms with van der Waals surface area (Å²) in [7, 11) is -10.7. The predicted octanol–water partition coefficient (Wildman–Crippen LogP) is 3.82. The van der Waals surface area contributed by atoms with E-state index in [0.717, 1.165) is 24.0 Å². The number of primary sulfonamides is 2. The second-order valence-electron chi connectivity index (χ2n) is 13.3. The van der Waals surface area contributed by atoms with Crippen molar-refractivity contribution in [1.82, 2.24) is 14.5 Å². The zero-order chi connectivity index (χ0) is 30.7. The Kier molecular flexibility index (Phi) is 8.12. The van der Waals surface area contributed by atoms with E-state index in [4.69, 9.17) is 14.7 Å². The number of nitrogens with one attached hydrogen (secondary N) is 1. The molecule has 2 aliphatic carbocycles. The van der Waals surface area contributed by atoms with Crippen LogP contribution < -0.4 is 15.6 Å². The van der Waals surface area contributed by atoms with Crippen LogP contribution in [0.1, 0.15) is 63.2 Å². The maximum atomic E-state index is 12.8. The van der Waals surface area contributed by atoms with Gasteiger partial charge in [0, 0.05) is 18.2 Å². The van der Waals surface area contributed by atoms with Crippen molar-refractivity contribution in [3.63, 3.8) is 0 Å². The van der Waals surface area contributed by atoms with E-state index >= 15 is 0 Å². The van der Waals surface area contributed by atoms with Crippen LogP contribution in [0, 0.1) is 5.92 Å². The fourth-order valence-electron chi connectivity index (χ4n) is 6.26. The van der Waals surface area contributed by atoms with E-state index in [1.54, 1.807) is 0 Å². The first kappa shape index (κ1) is 31.1. The molecule has 0 aliphatic heterocycles. The standard InChI is InChI=1S/C28H42N6O5S2Si/c1-28(2,3)42(4,5)39-24-15-19(14-22(24)25(41(30,37)38)16-40(29,35)36)34-13-12-21-26(31-17-32-27(21)34)33-23-11-10-18-8-6-7-9-20(18)23/h6-9,12-13,17,19,22-25H,10-11,14-16H2,1-5H3,(H2,29,35,36)(H2,30,37,38)(H,31,32,33)/t19-,22+,23+,24+,25?/m1/s1. The number of nitrogens with zero attached hydrogens (tertiary/aromatic N) is 3. The van der Waals surface area contributed by atoms with Gasteiger partial charge in [0.25, 0.3) is 0 Å². The lowest BCUT2D eigenvalue weighted by molar-refractivity contribution is 0.138. The zero-order valence-electron chi connectivity index (χ0n) is 24.8. The minimum absolute atomic E-state index is 0.139. The second kappa shape index (κ2) is 11.0. The molecule has 0 bridgehead atoms. The number of nitrogens with two attached hydrogens (primary N) is 2. The zero-order valence-corrected chi connectivity index (χ0v) is 27.5. The Hall–Kier alpha value is -2.36. The van der Waals surface area contributed by atoms with Gasteiger partial charge >= 0.3 is 0 Å². The summed E-state index contributed by atoms with van der Waals surface area (Å²) in [5.74, 6) is -0.684. The lowest BCUT2D eigenvalue weighted by Crippen LogP contribution is -2.49. The number of hydrogen-bond acceptors (Lipinski definition) is 8. The SMILES string of the molecule is CC(C)(C)[Si](C)(C)O[C@H]1C[C@H](n2ccc3c(N[C@H]4CCc5ccccc54)ncnc32)C[C@@H]1C(CS(N)(=O)=O)S(N)(=O)=O. The molecule has 1 fully saturated rings. The van der Waals surface area contributed by atoms with Crippen LogP contribution in [0.5, 0.6) is 0 Å². The van der Waals surface area contributed by atoms with Gasteiger partial charge < -0.3 is 14.3 Å². The molecule has 5 N–H and O–H groups in total. The molecule has 230 valence electrons. The smallest absolute Gasteiger partial charge is 0.213 e. The van der Waals surface area contributed by atoms with E-state index in [0.29, 0.717) is 18.5 Å². The lowest BCUT2D eigenvalue weighted by Gasteiger charge is -2.40. The van der Waals surface area contributed by atoms with Gasteiger partial charge in [0.1, 0.15) is 17.8 Å². The molecule has 1 saturated carbocycles. The number of anilines is 1. The minimum Gasteiger partial charge on any atom is -0.414 e. The van der Waals surface area contributed by atoms with Gasteiger partial charge in [0.2, 0.25) is 20.0 Å². The van der Waals surface area contributed by atoms with Crippen molar-refractivity contribution >= 4 is 45.2 Å². The number of benzene rings is 1. The van der Waals surface area contributed by atoms with Crippen LogP contribution in [0.3, 0.4) is 0 Å². The summed E-state index contributed by atoms with van der Waals surface area (Å²) in [6.07, 6.45) is 5.77. The Bertz CT molecular complexity index is 1690. The average molecular weight is 635 g/mol. The highest BCUT2D eigenvalue weighted by molar-refractivity contribution is 7.93. The van der Waals surface area contributed by atoms with Gasteiger partial charge in [-0.1, -0.05) is 45.0 Å². The monoisotopic (exact) mass is 634 g/mol. The molecule has 2 aromatic heterocycles. The molecule has 14 heteroatoms. The van der Waals surface area contributed by atoms with Gasteiger partial charge in [-0.15, -0.1) is 0 Å². The van der Waals surface area contributed by atoms with Gasteiger partial charge in [0.05, 0.1) is 28.5 Å². The predicted molar refractivity (Wildman–Crippen MR) is 167 cm³/mol. The largest absolute Gasteiger partial charge is 0.414 e. The van der Waals surface area contributed by atoms with Crippen molar-refractivity contribution in [2.24, 2.45) is 16.2 Å². The Morgan fingerprint density at radius 1 is 1.10 bits per heavy atom. The van der Waals surface area contributed by atoms with Crippen LogP contribution >= 0.6 is 0 Å². The summed E-state index contributed by atoms with van der Waals surface area (Å²) >= 11 is 0. The van der Waals surface area contributed by atoms with Gasteiger partial charge in [-0.05, 0) is 61.0 Å². The summed E-state index contributed by atoms with van der Waals surface area (Å²) in [4.78, 5) is 9.16. The molecule has 0 radical (unpaired) electrons. The first-order chi connectivity index (χ1) is 19.4. The van der Waals surface area contributed by atoms with Crippen LogP contribution in [-0.4, -0.2) is 56.8 Å². The maximum Gasteiger partial charge on any atom is 0.213 e. The molecule has 5 atom stereocenters. The van der Waals surface area contributed by atoms with E-state index in [1.807, 2.05) is 22.9 Å². The Balaban J connectivity index is 1.49. The van der Waals surface area contributed by atoms with Crippen LogP contribution in [0.25, 0.3) is 11.0 Å². The van der Waals surface area contributed by atoms with Gasteiger partial charge in [-0.25, -0.2) is 37.1 Å². The normalized spacial score (nSPS) is 24.2. The summed E-state index contributed by atoms with van der Waals surface area (Å²) in [5.41, 5.74) is 3.33. The van der Waals surface area contributed by atoms with E-state index in [2.05, 4.69) is 67.3 Å². The third kappa shape index (κ3) is 6.29. The Labute approximate surface area is 249 Å². The van der Waals surface area contributed by atoms with E-state index in [1.165, 1.54) is 17.5 Å². The van der Waals surface area contributed by atoms with Gasteiger partial charge in [-0.2, -0.15) is 0 Å². The average Bonchev–Trinajstić information content (AvgIpc) is 3.58. The molecule has 2 aliphatic rings. The molecule has 0 saturated heterocycles. The highest BCUT2D eigenvalue weighted by Gasteiger charge is 2.49. The van der Waals surface area contributed by atoms with Gasteiger partial charge in [0.15, 0.2) is 8.32 Å². The molecule has 0 amide bonds. The number of rotatable bonds is 9. The van der Waals surface area contributed by atoms with Crippen molar-refractivity contribution < 1.29 is 21.3 Å². The minimum atomic E-state index is -4.25. The van der Waals surface area contributed by atoms with E-state index in [-0.39, 0.29) is 17.1 Å². The number of hydrogen-bond donors (Lipinski definition) is 3. The topological polar surface area (TPSA) is 172 Å². The van der Waals surface area contributed by atoms with Crippen molar-refractivity contribution in [2.45, 2.75) is 88.0 Å². The Morgan fingerprint density at radius 2 is 1.81 bits per heavy atom. The first-order valence-corrected chi connectivity index (χ1v) is 20.5. The van der Waals surface area contributed by atoms with E-state index < -0.39 is 51.4 Å². The molecule has 5 rings (SSSR count). The highest BCUT2D eigenvalue weighted by atomic mass is 32.2. The molecule has 3 aromatic rings. The molecular weight excluding hydrogens is 593 g/mol. The quantitative estimate of drug-likeness (QED) is 0.298. The molecule has 42 heavy (non-hydrogen) atoms. The molecule has 1 aromatic carbocycles. The fraction of sp³-hybridized carbons (Fsp3) is 0.571. The summed E-state index contributed by atoms with van der Waals surface area (Å²) in [5, 5.41) is 13.9. The second-order valence-corrected chi connectivity index (χ2v) is 21.5. The number of aryl methyl sites for hydroxylation is 1. The first-order valence-electron chi connectivity index (χ1n) is 14.3. The third-order valence-electron chi connectivity index (χ3n) is 9.42. The summed E-state index contributed by atoms with van der Waals surface area (Å²) in [6.45, 7) is 10.5. The van der Waals surface area contributed by atoms with Crippen LogP contribution in [0.2, 0.25) is 18.1 Å². The third-order valence-corrected chi connectivity index (χ3v) is 16.3. The number of aromatic nitrogens is 3. The number of sulfonamides is 2. The summed E-state index contributed by atoms with van der Waals surface area (Å²) in [6, 6.07) is 10.3. The highest BCUT2D eigenvalue weighted by Crippen LogP contribution is 2.46. The molecule has 1 unspecified atom stereocenters. The van der Waals surface area contributed by atoms with Crippen molar-refractivity contribution in [3.8, 4) is 0 Å². The van der Waals surface area contributed by atoms with Crippen LogP contribution in [0.4, 0.5) is 5.82 Å². The fourth-order valence-corrected chi connectivity index (χ4v) is 10.4. The molecular formula is C28H42N6O5S2Si. The van der Waals surface area contributed by atoms with Crippen LogP contribution in [0.15, 0.2) is 42.9 Å². The lowest BCUT2D eigenvalue weighted by atomic mass is 10.0. The molecule has 0 spiro atoms. The van der Waals surface area contributed by atoms with Crippen LogP contribution in [-0.2, 0) is 30.9 Å². The van der Waals surface area contributed by atoms with E-state index in [9.17, 15) is 16.8 Å². The summed E-state index contributed by atoms with van der Waals surface area (Å²) < 4.78 is 58.6. The molecule has 2 heterocycles. The number of fused-ring (bicyclic) bond motifs is 2. The van der Waals surface area contributed by atoms with Crippen molar-refractivity contribution in [2.75, 3.05) is 11.1 Å². The maximum absolute atomic E-state index is 12.8. The van der Waals surface area contributed by atoms with Crippen molar-refractivity contribution in [1.29, 1.82) is 0 Å². The van der Waals surface area contributed by atoms with Gasteiger partial charge in [-0.3, -0.25) is 0 Å². The Morgan fingerprint density at radius 3 is 2.48 bits per heavy atom.